The number of nitrogens with one attached hydrogen (secondary N) is 1. The molecule has 1 aliphatic carbocycles. The first-order valence-electron chi connectivity index (χ1n) is 13.9. The standard InChI is InChI=1S/C33H37N3O5/c1-19-8-7-9-24(20(19)2)36-33(37)23-10-13-25-26(16-23)35-32(22-12-15-28(39-4)30(18-22)41-6)31(34-25)21-11-14-27(38-3)29(17-21)40-5/h10-20,24H,7-9H2,1-6H3,(H,36,37). The first kappa shape index (κ1) is 28.2. The Kier molecular flexibility index (Phi) is 8.28. The molecule has 1 aromatic heterocycles. The number of benzene rings is 3. The third kappa shape index (κ3) is 5.64. The number of nitrogens with zero attached hydrogens (tertiary/aromatic N) is 2. The summed E-state index contributed by atoms with van der Waals surface area (Å²) >= 11 is 0. The zero-order valence-corrected chi connectivity index (χ0v) is 24.5. The second kappa shape index (κ2) is 12.0. The van der Waals surface area contributed by atoms with Gasteiger partial charge in [0.15, 0.2) is 23.0 Å². The summed E-state index contributed by atoms with van der Waals surface area (Å²) in [5.74, 6) is 3.34. The molecular weight excluding hydrogens is 518 g/mol. The van der Waals surface area contributed by atoms with Crippen LogP contribution in [-0.2, 0) is 0 Å². The maximum atomic E-state index is 13.3. The number of ether oxygens (including phenoxy) is 4. The van der Waals surface area contributed by atoms with E-state index in [1.165, 1.54) is 6.42 Å². The fourth-order valence-corrected chi connectivity index (χ4v) is 5.60. The topological polar surface area (TPSA) is 91.8 Å². The van der Waals surface area contributed by atoms with E-state index < -0.39 is 0 Å². The van der Waals surface area contributed by atoms with Crippen molar-refractivity contribution < 1.29 is 23.7 Å². The van der Waals surface area contributed by atoms with Crippen molar-refractivity contribution >= 4 is 16.9 Å². The quantitative estimate of drug-likeness (QED) is 0.263. The van der Waals surface area contributed by atoms with Gasteiger partial charge in [-0.1, -0.05) is 26.7 Å². The number of hydrogen-bond donors (Lipinski definition) is 1. The van der Waals surface area contributed by atoms with Crippen molar-refractivity contribution in [1.82, 2.24) is 15.3 Å². The molecule has 0 aliphatic heterocycles. The molecule has 3 aromatic carbocycles. The van der Waals surface area contributed by atoms with Gasteiger partial charge in [0.05, 0.1) is 50.9 Å². The minimum absolute atomic E-state index is 0.0868. The van der Waals surface area contributed by atoms with E-state index >= 15 is 0 Å². The molecule has 0 saturated heterocycles. The molecule has 5 rings (SSSR count). The van der Waals surface area contributed by atoms with Crippen molar-refractivity contribution in [3.8, 4) is 45.5 Å². The molecule has 0 bridgehead atoms. The Morgan fingerprint density at radius 1 is 0.707 bits per heavy atom. The van der Waals surface area contributed by atoms with Gasteiger partial charge < -0.3 is 24.3 Å². The van der Waals surface area contributed by atoms with Gasteiger partial charge in [-0.15, -0.1) is 0 Å². The van der Waals surface area contributed by atoms with Crippen LogP contribution >= 0.6 is 0 Å². The average Bonchev–Trinajstić information content (AvgIpc) is 3.01. The minimum Gasteiger partial charge on any atom is -0.493 e. The van der Waals surface area contributed by atoms with Crippen LogP contribution in [0.3, 0.4) is 0 Å². The van der Waals surface area contributed by atoms with Crippen molar-refractivity contribution in [3.05, 3.63) is 60.2 Å². The Balaban J connectivity index is 1.61. The smallest absolute Gasteiger partial charge is 0.251 e. The molecule has 1 saturated carbocycles. The van der Waals surface area contributed by atoms with Crippen molar-refractivity contribution in [1.29, 1.82) is 0 Å². The SMILES string of the molecule is COc1ccc(-c2nc3ccc(C(=O)NC4CCCC(C)C4C)cc3nc2-c2ccc(OC)c(OC)c2)cc1OC. The monoisotopic (exact) mass is 555 g/mol. The predicted octanol–water partition coefficient (Wildman–Crippen LogP) is 6.55. The predicted molar refractivity (Wildman–Crippen MR) is 160 cm³/mol. The third-order valence-electron chi connectivity index (χ3n) is 8.26. The molecule has 1 amide bonds. The third-order valence-corrected chi connectivity index (χ3v) is 8.26. The Labute approximate surface area is 241 Å². The Hall–Kier alpha value is -4.33. The van der Waals surface area contributed by atoms with Crippen LogP contribution in [0.5, 0.6) is 23.0 Å². The highest BCUT2D eigenvalue weighted by atomic mass is 16.5. The Morgan fingerprint density at radius 2 is 1.27 bits per heavy atom. The second-order valence-corrected chi connectivity index (χ2v) is 10.6. The van der Waals surface area contributed by atoms with E-state index in [2.05, 4.69) is 19.2 Å². The van der Waals surface area contributed by atoms with Gasteiger partial charge in [-0.25, -0.2) is 9.97 Å². The van der Waals surface area contributed by atoms with Crippen LogP contribution in [0.25, 0.3) is 33.5 Å². The van der Waals surface area contributed by atoms with E-state index in [0.29, 0.717) is 62.8 Å². The lowest BCUT2D eigenvalue weighted by Gasteiger charge is -2.34. The van der Waals surface area contributed by atoms with Crippen LogP contribution in [0.2, 0.25) is 0 Å². The van der Waals surface area contributed by atoms with Crippen molar-refractivity contribution in [3.63, 3.8) is 0 Å². The fraction of sp³-hybridized carbons (Fsp3) is 0.364. The molecule has 1 N–H and O–H groups in total. The van der Waals surface area contributed by atoms with E-state index in [1.807, 2.05) is 54.6 Å². The Morgan fingerprint density at radius 3 is 1.83 bits per heavy atom. The molecule has 1 aliphatic rings. The molecule has 1 heterocycles. The number of rotatable bonds is 8. The van der Waals surface area contributed by atoms with E-state index in [1.54, 1.807) is 28.4 Å². The molecule has 3 unspecified atom stereocenters. The number of carbonyl (C=O) groups excluding carboxylic acids is 1. The maximum Gasteiger partial charge on any atom is 0.251 e. The van der Waals surface area contributed by atoms with Crippen LogP contribution in [0.1, 0.15) is 43.5 Å². The first-order chi connectivity index (χ1) is 19.9. The maximum absolute atomic E-state index is 13.3. The number of amides is 1. The number of carbonyl (C=O) groups is 1. The van der Waals surface area contributed by atoms with Gasteiger partial charge in [0, 0.05) is 22.7 Å². The van der Waals surface area contributed by atoms with Gasteiger partial charge in [0.25, 0.3) is 5.91 Å². The van der Waals surface area contributed by atoms with Gasteiger partial charge in [0.1, 0.15) is 0 Å². The van der Waals surface area contributed by atoms with Crippen LogP contribution in [-0.4, -0.2) is 50.4 Å². The lowest BCUT2D eigenvalue weighted by molar-refractivity contribution is 0.0891. The van der Waals surface area contributed by atoms with Crippen molar-refractivity contribution in [2.75, 3.05) is 28.4 Å². The summed E-state index contributed by atoms with van der Waals surface area (Å²) in [7, 11) is 6.40. The lowest BCUT2D eigenvalue weighted by Crippen LogP contribution is -2.43. The van der Waals surface area contributed by atoms with Gasteiger partial charge >= 0.3 is 0 Å². The number of fused-ring (bicyclic) bond motifs is 1. The largest absolute Gasteiger partial charge is 0.493 e. The van der Waals surface area contributed by atoms with E-state index in [9.17, 15) is 4.79 Å². The second-order valence-electron chi connectivity index (χ2n) is 10.6. The van der Waals surface area contributed by atoms with E-state index in [4.69, 9.17) is 28.9 Å². The molecule has 1 fully saturated rings. The highest BCUT2D eigenvalue weighted by Gasteiger charge is 2.28. The Bertz CT molecular complexity index is 1570. The van der Waals surface area contributed by atoms with Gasteiger partial charge in [-0.3, -0.25) is 4.79 Å². The summed E-state index contributed by atoms with van der Waals surface area (Å²) in [6.07, 6.45) is 3.34. The summed E-state index contributed by atoms with van der Waals surface area (Å²) in [6, 6.07) is 16.9. The van der Waals surface area contributed by atoms with Crippen LogP contribution in [0.15, 0.2) is 54.6 Å². The zero-order valence-electron chi connectivity index (χ0n) is 24.5. The highest BCUT2D eigenvalue weighted by molar-refractivity contribution is 5.98. The van der Waals surface area contributed by atoms with Crippen molar-refractivity contribution in [2.24, 2.45) is 11.8 Å². The molecule has 8 heteroatoms. The van der Waals surface area contributed by atoms with Crippen LogP contribution in [0, 0.1) is 11.8 Å². The van der Waals surface area contributed by atoms with Crippen LogP contribution in [0.4, 0.5) is 0 Å². The number of aromatic nitrogens is 2. The number of hydrogen-bond acceptors (Lipinski definition) is 7. The van der Waals surface area contributed by atoms with E-state index in [-0.39, 0.29) is 11.9 Å². The molecule has 8 nitrogen and oxygen atoms in total. The molecule has 0 radical (unpaired) electrons. The normalized spacial score (nSPS) is 18.5. The summed E-state index contributed by atoms with van der Waals surface area (Å²) in [6.45, 7) is 4.49. The summed E-state index contributed by atoms with van der Waals surface area (Å²) in [5, 5.41) is 3.27. The van der Waals surface area contributed by atoms with E-state index in [0.717, 1.165) is 24.0 Å². The van der Waals surface area contributed by atoms with Gasteiger partial charge in [0.2, 0.25) is 0 Å². The molecule has 3 atom stereocenters. The molecule has 41 heavy (non-hydrogen) atoms. The minimum atomic E-state index is -0.0868. The first-order valence-corrected chi connectivity index (χ1v) is 13.9. The zero-order chi connectivity index (χ0) is 29.1. The lowest BCUT2D eigenvalue weighted by atomic mass is 9.78. The summed E-state index contributed by atoms with van der Waals surface area (Å²) in [4.78, 5) is 23.4. The summed E-state index contributed by atoms with van der Waals surface area (Å²) < 4.78 is 22.0. The highest BCUT2D eigenvalue weighted by Crippen LogP contribution is 2.39. The van der Waals surface area contributed by atoms with Gasteiger partial charge in [-0.2, -0.15) is 0 Å². The fourth-order valence-electron chi connectivity index (χ4n) is 5.60. The van der Waals surface area contributed by atoms with Crippen molar-refractivity contribution in [2.45, 2.75) is 39.2 Å². The molecule has 4 aromatic rings. The van der Waals surface area contributed by atoms with Gasteiger partial charge in [-0.05, 0) is 72.9 Å². The number of methoxy groups -OCH3 is 4. The molecular formula is C33H37N3O5. The van der Waals surface area contributed by atoms with Crippen LogP contribution < -0.4 is 24.3 Å². The summed E-state index contributed by atoms with van der Waals surface area (Å²) in [5.41, 5.74) is 4.76. The molecule has 214 valence electrons. The molecule has 0 spiro atoms. The average molecular weight is 556 g/mol.